The van der Waals surface area contributed by atoms with Crippen molar-refractivity contribution in [1.82, 2.24) is 10.9 Å². The lowest BCUT2D eigenvalue weighted by Crippen LogP contribution is -2.44. The lowest BCUT2D eigenvalue weighted by Gasteiger charge is -2.30. The summed E-state index contributed by atoms with van der Waals surface area (Å²) in [6.45, 7) is 6.10. The molecule has 2 heterocycles. The zero-order valence-corrected chi connectivity index (χ0v) is 17.6. The highest BCUT2D eigenvalue weighted by molar-refractivity contribution is 7.17. The number of thiophene rings is 1. The Bertz CT molecular complexity index is 985. The number of rotatable bonds is 4. The lowest BCUT2D eigenvalue weighted by molar-refractivity contribution is -0.0384. The summed E-state index contributed by atoms with van der Waals surface area (Å²) < 4.78 is 11.0. The van der Waals surface area contributed by atoms with Crippen LogP contribution in [0.5, 0.6) is 5.75 Å². The zero-order valence-electron chi connectivity index (χ0n) is 16.8. The highest BCUT2D eigenvalue weighted by Gasteiger charge is 2.34. The smallest absolute Gasteiger partial charge is 0.341 e. The highest BCUT2D eigenvalue weighted by Crippen LogP contribution is 2.40. The normalized spacial score (nSPS) is 14.4. The molecule has 0 unspecified atom stereocenters. The summed E-state index contributed by atoms with van der Waals surface area (Å²) in [5, 5.41) is 12.4. The van der Waals surface area contributed by atoms with Crippen molar-refractivity contribution in [3.05, 3.63) is 45.8 Å². The number of anilines is 1. The third-order valence-electron chi connectivity index (χ3n) is 4.39. The Morgan fingerprint density at radius 1 is 1.27 bits per heavy atom. The summed E-state index contributed by atoms with van der Waals surface area (Å²) >= 11 is 1.23. The molecule has 160 valence electrons. The molecule has 1 aromatic carbocycles. The minimum atomic E-state index is -0.729. The molecule has 1 aromatic heterocycles. The minimum Gasteiger partial charge on any atom is -0.508 e. The average Bonchev–Trinajstić information content (AvgIpc) is 3.02. The number of fused-ring (bicyclic) bond motifs is 1. The van der Waals surface area contributed by atoms with E-state index in [1.54, 1.807) is 6.92 Å². The van der Waals surface area contributed by atoms with Crippen molar-refractivity contribution >= 4 is 34.2 Å². The largest absolute Gasteiger partial charge is 0.508 e. The van der Waals surface area contributed by atoms with Gasteiger partial charge in [-0.15, -0.1) is 11.3 Å². The fraction of sp³-hybridized carbons (Fsp3) is 0.350. The van der Waals surface area contributed by atoms with Crippen molar-refractivity contribution in [2.45, 2.75) is 39.4 Å². The molecular weight excluding hydrogens is 410 g/mol. The topological polar surface area (TPSA) is 126 Å². The third-order valence-corrected chi connectivity index (χ3v) is 5.51. The number of aromatic hydroxyl groups is 1. The Labute approximate surface area is 177 Å². The van der Waals surface area contributed by atoms with Gasteiger partial charge in [0.05, 0.1) is 24.4 Å². The first-order chi connectivity index (χ1) is 14.2. The van der Waals surface area contributed by atoms with Crippen LogP contribution in [0.3, 0.4) is 0 Å². The molecule has 0 atom stereocenters. The number of hydrogen-bond donors (Lipinski definition) is 4. The maximum atomic E-state index is 12.6. The predicted molar refractivity (Wildman–Crippen MR) is 111 cm³/mol. The number of phenolic OH excluding ortho intramolecular Hbond substituents is 1. The summed E-state index contributed by atoms with van der Waals surface area (Å²) in [6.07, 6.45) is 0.504. The van der Waals surface area contributed by atoms with Gasteiger partial charge in [0.15, 0.2) is 0 Å². The summed E-state index contributed by atoms with van der Waals surface area (Å²) in [6, 6.07) is 4.96. The molecule has 0 aliphatic carbocycles. The van der Waals surface area contributed by atoms with Gasteiger partial charge in [-0.1, -0.05) is 6.07 Å². The summed E-state index contributed by atoms with van der Waals surface area (Å²) in [5.41, 5.74) is 5.32. The van der Waals surface area contributed by atoms with Crippen LogP contribution in [-0.4, -0.2) is 35.2 Å². The Kier molecular flexibility index (Phi) is 6.28. The molecule has 1 aliphatic rings. The first-order valence-electron chi connectivity index (χ1n) is 9.32. The number of carbonyl (C=O) groups is 3. The second kappa shape index (κ2) is 8.72. The van der Waals surface area contributed by atoms with Crippen molar-refractivity contribution in [1.29, 1.82) is 0 Å². The monoisotopic (exact) mass is 433 g/mol. The molecule has 1 aliphatic heterocycles. The van der Waals surface area contributed by atoms with E-state index in [0.717, 1.165) is 10.4 Å². The zero-order chi connectivity index (χ0) is 21.9. The Hall–Kier alpha value is -3.11. The molecule has 0 spiro atoms. The standard InChI is InChI=1S/C20H23N3O6S/c1-4-28-18(26)15-13-9-20(2,3)29-10-14(13)30-17(15)21-19(27)23-22-16(25)11-6-5-7-12(24)8-11/h5-8,24H,4,9-10H2,1-3H3,(H,22,25)(H2,21,23,27). The van der Waals surface area contributed by atoms with Crippen molar-refractivity contribution in [2.75, 3.05) is 11.9 Å². The maximum absolute atomic E-state index is 12.6. The van der Waals surface area contributed by atoms with E-state index in [2.05, 4.69) is 16.2 Å². The van der Waals surface area contributed by atoms with E-state index in [4.69, 9.17) is 9.47 Å². The van der Waals surface area contributed by atoms with Gasteiger partial charge in [-0.3, -0.25) is 15.5 Å². The molecule has 0 fully saturated rings. The molecule has 0 saturated heterocycles. The van der Waals surface area contributed by atoms with Crippen molar-refractivity contribution in [3.8, 4) is 5.75 Å². The van der Waals surface area contributed by atoms with Gasteiger partial charge in [-0.2, -0.15) is 0 Å². The number of carbonyl (C=O) groups excluding carboxylic acids is 3. The molecule has 9 nitrogen and oxygen atoms in total. The second-order valence-electron chi connectivity index (χ2n) is 7.24. The van der Waals surface area contributed by atoms with Crippen LogP contribution in [-0.2, 0) is 22.5 Å². The van der Waals surface area contributed by atoms with Crippen molar-refractivity contribution < 1.29 is 29.0 Å². The van der Waals surface area contributed by atoms with E-state index in [1.807, 2.05) is 13.8 Å². The van der Waals surface area contributed by atoms with Gasteiger partial charge in [0.2, 0.25) is 0 Å². The SMILES string of the molecule is CCOC(=O)c1c(NC(=O)NNC(=O)c2cccc(O)c2)sc2c1CC(C)(C)OC2. The molecular formula is C20H23N3O6S. The number of hydrazine groups is 1. The molecule has 10 heteroatoms. The first-order valence-corrected chi connectivity index (χ1v) is 10.1. The number of benzene rings is 1. The van der Waals surface area contributed by atoms with Crippen molar-refractivity contribution in [2.24, 2.45) is 0 Å². The van der Waals surface area contributed by atoms with Crippen LogP contribution in [0, 0.1) is 0 Å². The number of esters is 1. The quantitative estimate of drug-likeness (QED) is 0.434. The van der Waals surface area contributed by atoms with Crippen LogP contribution in [0.15, 0.2) is 24.3 Å². The Morgan fingerprint density at radius 2 is 2.03 bits per heavy atom. The maximum Gasteiger partial charge on any atom is 0.341 e. The van der Waals surface area contributed by atoms with E-state index in [-0.39, 0.29) is 17.9 Å². The van der Waals surface area contributed by atoms with E-state index in [1.165, 1.54) is 35.6 Å². The number of amides is 3. The van der Waals surface area contributed by atoms with Crippen LogP contribution < -0.4 is 16.2 Å². The first kappa shape index (κ1) is 21.6. The molecule has 0 saturated carbocycles. The molecule has 3 amide bonds. The minimum absolute atomic E-state index is 0.0690. The summed E-state index contributed by atoms with van der Waals surface area (Å²) in [7, 11) is 0. The van der Waals surface area contributed by atoms with Crippen LogP contribution in [0.4, 0.5) is 9.80 Å². The third kappa shape index (κ3) is 4.89. The van der Waals surface area contributed by atoms with Crippen LogP contribution in [0.1, 0.15) is 51.9 Å². The van der Waals surface area contributed by atoms with Crippen LogP contribution in [0.25, 0.3) is 0 Å². The predicted octanol–water partition coefficient (Wildman–Crippen LogP) is 2.95. The van der Waals surface area contributed by atoms with E-state index >= 15 is 0 Å². The van der Waals surface area contributed by atoms with Gasteiger partial charge in [-0.25, -0.2) is 15.0 Å². The summed E-state index contributed by atoms with van der Waals surface area (Å²) in [5.74, 6) is -1.19. The van der Waals surface area contributed by atoms with Gasteiger partial charge in [0.25, 0.3) is 5.91 Å². The number of urea groups is 1. The van der Waals surface area contributed by atoms with E-state index < -0.39 is 23.5 Å². The van der Waals surface area contributed by atoms with Crippen LogP contribution >= 0.6 is 11.3 Å². The molecule has 3 rings (SSSR count). The fourth-order valence-corrected chi connectivity index (χ4v) is 4.14. The van der Waals surface area contributed by atoms with Crippen LogP contribution in [0.2, 0.25) is 0 Å². The van der Waals surface area contributed by atoms with Gasteiger partial charge in [0.1, 0.15) is 10.8 Å². The van der Waals surface area contributed by atoms with E-state index in [9.17, 15) is 19.5 Å². The number of phenols is 1. The molecule has 4 N–H and O–H groups in total. The fourth-order valence-electron chi connectivity index (χ4n) is 3.03. The molecule has 30 heavy (non-hydrogen) atoms. The lowest BCUT2D eigenvalue weighted by atomic mass is 9.93. The number of ether oxygens (including phenoxy) is 2. The number of nitrogens with one attached hydrogen (secondary N) is 3. The molecule has 0 bridgehead atoms. The second-order valence-corrected chi connectivity index (χ2v) is 8.34. The van der Waals surface area contributed by atoms with Gasteiger partial charge < -0.3 is 14.6 Å². The average molecular weight is 433 g/mol. The van der Waals surface area contributed by atoms with Gasteiger partial charge in [0, 0.05) is 16.9 Å². The Balaban J connectivity index is 1.74. The Morgan fingerprint density at radius 3 is 2.73 bits per heavy atom. The van der Waals surface area contributed by atoms with Crippen molar-refractivity contribution in [3.63, 3.8) is 0 Å². The van der Waals surface area contributed by atoms with Gasteiger partial charge in [-0.05, 0) is 44.5 Å². The molecule has 0 radical (unpaired) electrons. The highest BCUT2D eigenvalue weighted by atomic mass is 32.1. The number of hydrogen-bond acceptors (Lipinski definition) is 7. The summed E-state index contributed by atoms with van der Waals surface area (Å²) in [4.78, 5) is 37.8. The van der Waals surface area contributed by atoms with E-state index in [0.29, 0.717) is 23.6 Å². The molecule has 2 aromatic rings. The van der Waals surface area contributed by atoms with Gasteiger partial charge >= 0.3 is 12.0 Å².